The molecule has 0 aliphatic carbocycles. The van der Waals surface area contributed by atoms with Gasteiger partial charge < -0.3 is 5.11 Å². The zero-order chi connectivity index (χ0) is 13.0. The van der Waals surface area contributed by atoms with Crippen molar-refractivity contribution in [1.29, 1.82) is 0 Å². The van der Waals surface area contributed by atoms with Gasteiger partial charge in [0.15, 0.2) is 5.78 Å². The van der Waals surface area contributed by atoms with Crippen LogP contribution in [0.15, 0.2) is 24.3 Å². The highest BCUT2D eigenvalue weighted by Gasteiger charge is 2.15. The summed E-state index contributed by atoms with van der Waals surface area (Å²) in [6, 6.07) is 5.24. The fraction of sp³-hybridized carbons (Fsp3) is 0.231. The first-order valence-electron chi connectivity index (χ1n) is 5.11. The fourth-order valence-electron chi connectivity index (χ4n) is 1.40. The molecule has 1 atom stereocenters. The van der Waals surface area contributed by atoms with E-state index in [1.807, 2.05) is 13.0 Å². The lowest BCUT2D eigenvalue weighted by Gasteiger charge is -2.07. The number of alkyl halides is 1. The van der Waals surface area contributed by atoms with Gasteiger partial charge in [-0.1, -0.05) is 17.7 Å². The zero-order valence-electron chi connectivity index (χ0n) is 9.61. The van der Waals surface area contributed by atoms with Crippen LogP contribution in [-0.2, 0) is 4.79 Å². The second-order valence-electron chi connectivity index (χ2n) is 3.74. The van der Waals surface area contributed by atoms with E-state index in [-0.39, 0.29) is 5.78 Å². The van der Waals surface area contributed by atoms with E-state index in [0.29, 0.717) is 11.1 Å². The van der Waals surface area contributed by atoms with Gasteiger partial charge in [-0.25, -0.2) is 4.79 Å². The average molecular weight is 253 g/mol. The largest absolute Gasteiger partial charge is 0.478 e. The molecule has 4 heteroatoms. The maximum absolute atomic E-state index is 11.8. The monoisotopic (exact) mass is 252 g/mol. The van der Waals surface area contributed by atoms with Gasteiger partial charge in [0.1, 0.15) is 0 Å². The van der Waals surface area contributed by atoms with E-state index in [4.69, 9.17) is 16.7 Å². The van der Waals surface area contributed by atoms with Crippen LogP contribution in [0.1, 0.15) is 28.4 Å². The van der Waals surface area contributed by atoms with Gasteiger partial charge in [-0.3, -0.25) is 4.79 Å². The lowest BCUT2D eigenvalue weighted by molar-refractivity contribution is -0.131. The SMILES string of the molecule is Cc1ccc(/C=C/C(=O)O)c(C(=O)C(C)Cl)c1. The highest BCUT2D eigenvalue weighted by molar-refractivity contribution is 6.34. The Balaban J connectivity index is 3.21. The predicted octanol–water partition coefficient (Wildman–Crippen LogP) is 2.90. The highest BCUT2D eigenvalue weighted by atomic mass is 35.5. The van der Waals surface area contributed by atoms with Gasteiger partial charge in [0, 0.05) is 11.6 Å². The van der Waals surface area contributed by atoms with Crippen molar-refractivity contribution in [3.8, 4) is 0 Å². The van der Waals surface area contributed by atoms with Gasteiger partial charge in [0.05, 0.1) is 5.38 Å². The first-order valence-corrected chi connectivity index (χ1v) is 5.55. The van der Waals surface area contributed by atoms with E-state index in [1.165, 1.54) is 6.08 Å². The van der Waals surface area contributed by atoms with Crippen molar-refractivity contribution in [2.45, 2.75) is 19.2 Å². The summed E-state index contributed by atoms with van der Waals surface area (Å²) in [5, 5.41) is 7.94. The van der Waals surface area contributed by atoms with E-state index >= 15 is 0 Å². The predicted molar refractivity (Wildman–Crippen MR) is 67.5 cm³/mol. The summed E-state index contributed by atoms with van der Waals surface area (Å²) in [4.78, 5) is 22.3. The Bertz CT molecular complexity index is 476. The van der Waals surface area contributed by atoms with Crippen LogP contribution < -0.4 is 0 Å². The molecule has 3 nitrogen and oxygen atoms in total. The summed E-state index contributed by atoms with van der Waals surface area (Å²) < 4.78 is 0. The van der Waals surface area contributed by atoms with Crippen LogP contribution in [-0.4, -0.2) is 22.2 Å². The maximum Gasteiger partial charge on any atom is 0.328 e. The first kappa shape index (κ1) is 13.5. The van der Waals surface area contributed by atoms with E-state index in [0.717, 1.165) is 11.6 Å². The van der Waals surface area contributed by atoms with E-state index in [1.54, 1.807) is 19.1 Å². The van der Waals surface area contributed by atoms with Crippen molar-refractivity contribution in [2.75, 3.05) is 0 Å². The molecule has 0 saturated heterocycles. The average Bonchev–Trinajstić information content (AvgIpc) is 2.26. The molecule has 90 valence electrons. The van der Waals surface area contributed by atoms with Crippen molar-refractivity contribution < 1.29 is 14.7 Å². The Labute approximate surface area is 105 Å². The lowest BCUT2D eigenvalue weighted by atomic mass is 9.99. The molecular weight excluding hydrogens is 240 g/mol. The fourth-order valence-corrected chi connectivity index (χ4v) is 1.52. The van der Waals surface area contributed by atoms with E-state index in [2.05, 4.69) is 0 Å². The van der Waals surface area contributed by atoms with Crippen molar-refractivity contribution in [1.82, 2.24) is 0 Å². The number of hydrogen-bond donors (Lipinski definition) is 1. The number of benzene rings is 1. The molecule has 17 heavy (non-hydrogen) atoms. The van der Waals surface area contributed by atoms with Crippen LogP contribution in [0.2, 0.25) is 0 Å². The third-order valence-corrected chi connectivity index (χ3v) is 2.44. The number of Topliss-reactive ketones (excluding diaryl/α,β-unsaturated/α-hetero) is 1. The van der Waals surface area contributed by atoms with Crippen LogP contribution in [0.4, 0.5) is 0 Å². The highest BCUT2D eigenvalue weighted by Crippen LogP contribution is 2.17. The second kappa shape index (κ2) is 5.64. The molecule has 0 amide bonds. The molecule has 0 heterocycles. The number of ketones is 1. The number of rotatable bonds is 4. The summed E-state index contributed by atoms with van der Waals surface area (Å²) in [6.45, 7) is 3.46. The number of hydrogen-bond acceptors (Lipinski definition) is 2. The number of carboxylic acid groups (broad SMARTS) is 1. The molecule has 0 fully saturated rings. The second-order valence-corrected chi connectivity index (χ2v) is 4.40. The van der Waals surface area contributed by atoms with Gasteiger partial charge in [-0.05, 0) is 31.6 Å². The van der Waals surface area contributed by atoms with Gasteiger partial charge in [0.25, 0.3) is 0 Å². The molecule has 0 aromatic heterocycles. The molecule has 1 unspecified atom stereocenters. The molecule has 1 aromatic rings. The van der Waals surface area contributed by atoms with Crippen molar-refractivity contribution in [2.24, 2.45) is 0 Å². The minimum absolute atomic E-state index is 0.208. The standard InChI is InChI=1S/C13H13ClO3/c1-8-3-4-10(5-6-12(15)16)11(7-8)13(17)9(2)14/h3-7,9H,1-2H3,(H,15,16)/b6-5+. The molecule has 0 radical (unpaired) electrons. The van der Waals surface area contributed by atoms with Crippen molar-refractivity contribution in [3.63, 3.8) is 0 Å². The topological polar surface area (TPSA) is 54.4 Å². The summed E-state index contributed by atoms with van der Waals surface area (Å²) >= 11 is 5.76. The number of carbonyl (C=O) groups excluding carboxylic acids is 1. The third-order valence-electron chi connectivity index (χ3n) is 2.24. The molecule has 0 aliphatic heterocycles. The summed E-state index contributed by atoms with van der Waals surface area (Å²) in [5.74, 6) is -1.26. The smallest absolute Gasteiger partial charge is 0.328 e. The molecule has 0 bridgehead atoms. The number of aryl methyl sites for hydroxylation is 1. The van der Waals surface area contributed by atoms with Crippen LogP contribution in [0.5, 0.6) is 0 Å². The molecule has 0 spiro atoms. The van der Waals surface area contributed by atoms with Crippen molar-refractivity contribution >= 4 is 29.4 Å². The molecule has 1 aromatic carbocycles. The summed E-state index contributed by atoms with van der Waals surface area (Å²) in [7, 11) is 0. The minimum atomic E-state index is -1.05. The van der Waals surface area contributed by atoms with E-state index < -0.39 is 11.3 Å². The molecule has 1 N–H and O–H groups in total. The van der Waals surface area contributed by atoms with Crippen molar-refractivity contribution in [3.05, 3.63) is 41.0 Å². The summed E-state index contributed by atoms with van der Waals surface area (Å²) in [6.07, 6.45) is 2.40. The summed E-state index contributed by atoms with van der Waals surface area (Å²) in [5.41, 5.74) is 1.94. The van der Waals surface area contributed by atoms with Gasteiger partial charge in [0.2, 0.25) is 0 Å². The zero-order valence-corrected chi connectivity index (χ0v) is 10.4. The normalized spacial score (nSPS) is 12.6. The Hall–Kier alpha value is -1.61. The van der Waals surface area contributed by atoms with Crippen LogP contribution >= 0.6 is 11.6 Å². The quantitative estimate of drug-likeness (QED) is 0.509. The molecule has 0 aliphatic rings. The van der Waals surface area contributed by atoms with E-state index in [9.17, 15) is 9.59 Å². The van der Waals surface area contributed by atoms with Gasteiger partial charge in [-0.2, -0.15) is 0 Å². The van der Waals surface area contributed by atoms with Crippen LogP contribution in [0, 0.1) is 6.92 Å². The van der Waals surface area contributed by atoms with Crippen LogP contribution in [0.25, 0.3) is 6.08 Å². The number of aliphatic carboxylic acids is 1. The Kier molecular flexibility index (Phi) is 4.46. The Morgan fingerprint density at radius 2 is 2.06 bits per heavy atom. The van der Waals surface area contributed by atoms with Crippen LogP contribution in [0.3, 0.4) is 0 Å². The molecular formula is C13H13ClO3. The number of carboxylic acids is 1. The van der Waals surface area contributed by atoms with Gasteiger partial charge >= 0.3 is 5.97 Å². The number of carbonyl (C=O) groups is 2. The number of halogens is 1. The first-order chi connectivity index (χ1) is 7.91. The lowest BCUT2D eigenvalue weighted by Crippen LogP contribution is -2.12. The molecule has 0 saturated carbocycles. The maximum atomic E-state index is 11.8. The Morgan fingerprint density at radius 3 is 2.59 bits per heavy atom. The third kappa shape index (κ3) is 3.71. The Morgan fingerprint density at radius 1 is 1.41 bits per heavy atom. The minimum Gasteiger partial charge on any atom is -0.478 e. The van der Waals surface area contributed by atoms with Gasteiger partial charge in [-0.15, -0.1) is 11.6 Å². The molecule has 1 rings (SSSR count).